The minimum atomic E-state index is -0.134. The zero-order valence-electron chi connectivity index (χ0n) is 44.9. The number of hydrogen-bond acceptors (Lipinski definition) is 4. The molecule has 3 nitrogen and oxygen atoms in total. The van der Waals surface area contributed by atoms with Crippen LogP contribution in [0, 0.1) is 6.92 Å². The summed E-state index contributed by atoms with van der Waals surface area (Å²) < 4.78 is 9.86. The van der Waals surface area contributed by atoms with Gasteiger partial charge in [-0.1, -0.05) is 144 Å². The predicted molar refractivity (Wildman–Crippen MR) is 311 cm³/mol. The van der Waals surface area contributed by atoms with Gasteiger partial charge in [-0.2, -0.15) is 0 Å². The second-order valence-electron chi connectivity index (χ2n) is 26.9. The summed E-state index contributed by atoms with van der Waals surface area (Å²) in [4.78, 5) is 5.56. The fourth-order valence-electron chi connectivity index (χ4n) is 14.8. The molecule has 0 unspecified atom stereocenters. The normalized spacial score (nSPS) is 20.3. The maximum Gasteiger partial charge on any atom is 0.333 e. The molecule has 2 aliphatic heterocycles. The minimum absolute atomic E-state index is 0.0155. The molecule has 14 rings (SSSR count). The van der Waals surface area contributed by atoms with Crippen LogP contribution in [0.25, 0.3) is 53.2 Å². The van der Waals surface area contributed by atoms with Crippen LogP contribution in [0.2, 0.25) is 0 Å². The SMILES string of the molecule is Cc1cc2c(cc1N1c3cc4oc5ccccc5c4c4c3B(c3ccc5c(sc6ccccc65)c31)N(c1ccc3c(c1)C(C)(C)CCC3(C)C)c1cc3c(cc1-4)C(C)(C)CCC3(C)C)C(C)(C)CCC2(C)C. The van der Waals surface area contributed by atoms with Crippen LogP contribution < -0.4 is 20.6 Å². The monoisotopic (exact) mass is 961 g/mol. The summed E-state index contributed by atoms with van der Waals surface area (Å²) in [5, 5.41) is 5.06. The minimum Gasteiger partial charge on any atom is -0.456 e. The number of rotatable bonds is 2. The molecule has 0 spiro atoms. The van der Waals surface area contributed by atoms with Crippen LogP contribution >= 0.6 is 11.3 Å². The molecule has 9 aromatic rings. The van der Waals surface area contributed by atoms with Crippen molar-refractivity contribution < 1.29 is 4.42 Å². The zero-order valence-corrected chi connectivity index (χ0v) is 45.7. The lowest BCUT2D eigenvalue weighted by atomic mass is 9.43. The molecule has 0 atom stereocenters. The van der Waals surface area contributed by atoms with Gasteiger partial charge < -0.3 is 14.1 Å². The smallest absolute Gasteiger partial charge is 0.333 e. The molecule has 0 fully saturated rings. The third-order valence-corrected chi connectivity index (χ3v) is 20.7. The number of nitrogens with zero attached hydrogens (tertiary/aromatic N) is 2. The third-order valence-electron chi connectivity index (χ3n) is 19.6. The topological polar surface area (TPSA) is 19.6 Å². The average molecular weight is 961 g/mol. The van der Waals surface area contributed by atoms with E-state index < -0.39 is 0 Å². The molecule has 5 heteroatoms. The van der Waals surface area contributed by atoms with Crippen LogP contribution in [0.3, 0.4) is 0 Å². The van der Waals surface area contributed by atoms with Crippen molar-refractivity contribution in [3.63, 3.8) is 0 Å². The van der Waals surface area contributed by atoms with E-state index in [9.17, 15) is 0 Å². The van der Waals surface area contributed by atoms with Crippen molar-refractivity contribution in [1.29, 1.82) is 0 Å². The van der Waals surface area contributed by atoms with E-state index in [1.54, 1.807) is 0 Å². The lowest BCUT2D eigenvalue weighted by molar-refractivity contribution is 0.332. The summed E-state index contributed by atoms with van der Waals surface area (Å²) in [6.07, 6.45) is 7.01. The second kappa shape index (κ2) is 14.3. The van der Waals surface area contributed by atoms with Gasteiger partial charge in [-0.05, 0) is 176 Å². The number of fused-ring (bicyclic) bond motifs is 15. The number of benzene rings is 7. The van der Waals surface area contributed by atoms with Crippen LogP contribution in [0.1, 0.15) is 161 Å². The lowest BCUT2D eigenvalue weighted by Crippen LogP contribution is -2.61. The van der Waals surface area contributed by atoms with E-state index in [2.05, 4.69) is 209 Å². The third kappa shape index (κ3) is 5.98. The Morgan fingerprint density at radius 1 is 0.486 bits per heavy atom. The van der Waals surface area contributed by atoms with Crippen molar-refractivity contribution in [2.75, 3.05) is 9.71 Å². The largest absolute Gasteiger partial charge is 0.456 e. The molecule has 7 aromatic carbocycles. The Kier molecular flexibility index (Phi) is 8.91. The second-order valence-corrected chi connectivity index (χ2v) is 27.9. The molecule has 3 aliphatic carbocycles. The van der Waals surface area contributed by atoms with Gasteiger partial charge in [0.05, 0.1) is 10.4 Å². The van der Waals surface area contributed by atoms with Gasteiger partial charge in [0.2, 0.25) is 0 Å². The summed E-state index contributed by atoms with van der Waals surface area (Å²) in [6, 6.07) is 43.5. The first-order valence-corrected chi connectivity index (χ1v) is 27.9. The van der Waals surface area contributed by atoms with Gasteiger partial charge in [0, 0.05) is 60.6 Å². The Balaban J connectivity index is 1.19. The molecule has 0 saturated heterocycles. The van der Waals surface area contributed by atoms with Crippen molar-refractivity contribution in [2.24, 2.45) is 0 Å². The quantitative estimate of drug-likeness (QED) is 0.161. The Bertz CT molecular complexity index is 3870. The lowest BCUT2D eigenvalue weighted by Gasteiger charge is -2.49. The predicted octanol–water partition coefficient (Wildman–Crippen LogP) is 18.0. The number of thiophene rings is 1. The molecule has 4 heterocycles. The molecule has 72 heavy (non-hydrogen) atoms. The fourth-order valence-corrected chi connectivity index (χ4v) is 16.0. The van der Waals surface area contributed by atoms with E-state index in [4.69, 9.17) is 4.42 Å². The van der Waals surface area contributed by atoms with Crippen LogP contribution in [0.5, 0.6) is 0 Å². The average Bonchev–Trinajstić information content (AvgIpc) is 3.91. The molecular formula is C67H69BN2OS. The van der Waals surface area contributed by atoms with Crippen molar-refractivity contribution in [2.45, 2.75) is 161 Å². The number of para-hydroxylation sites is 1. The molecule has 0 radical (unpaired) electrons. The van der Waals surface area contributed by atoms with Gasteiger partial charge in [-0.15, -0.1) is 11.3 Å². The molecule has 5 aliphatic rings. The summed E-state index contributed by atoms with van der Waals surface area (Å²) in [6.45, 7) is 32.0. The van der Waals surface area contributed by atoms with Crippen LogP contribution in [-0.4, -0.2) is 6.85 Å². The summed E-state index contributed by atoms with van der Waals surface area (Å²) >= 11 is 1.96. The summed E-state index contributed by atoms with van der Waals surface area (Å²) in [5.41, 5.74) is 24.2. The highest BCUT2D eigenvalue weighted by Gasteiger charge is 2.50. The first-order valence-electron chi connectivity index (χ1n) is 27.1. The van der Waals surface area contributed by atoms with Gasteiger partial charge in [-0.3, -0.25) is 0 Å². The maximum absolute atomic E-state index is 7.19. The van der Waals surface area contributed by atoms with Crippen molar-refractivity contribution in [1.82, 2.24) is 0 Å². The Morgan fingerprint density at radius 2 is 1.04 bits per heavy atom. The van der Waals surface area contributed by atoms with Gasteiger partial charge in [0.1, 0.15) is 11.2 Å². The number of hydrogen-bond donors (Lipinski definition) is 0. The van der Waals surface area contributed by atoms with Gasteiger partial charge in [0.25, 0.3) is 0 Å². The molecular weight excluding hydrogens is 892 g/mol. The van der Waals surface area contributed by atoms with Crippen molar-refractivity contribution in [3.8, 4) is 11.1 Å². The van der Waals surface area contributed by atoms with Crippen LogP contribution in [0.15, 0.2) is 114 Å². The molecule has 0 saturated carbocycles. The Labute approximate surface area is 431 Å². The summed E-state index contributed by atoms with van der Waals surface area (Å²) in [7, 11) is 0. The van der Waals surface area contributed by atoms with E-state index in [0.717, 1.165) is 30.4 Å². The molecule has 0 N–H and O–H groups in total. The standard InChI is InChI=1S/C67H69BN2OS/c1-38-32-45-48(66(10,11)30-28-63(45,4)5)35-51(38)69-53-37-55-57(42-19-14-16-20-54(42)71-55)58-43-34-47-49(67(12,13)31-29-65(47,8)9)36-52(43)70(39-22-24-44-46(33-39)64(6,7)27-26-62(44,2)3)68(59(53)58)50-25-23-41-40-18-15-17-21-56(40)72-61(41)60(50)69/h14-25,32-37H,26-31H2,1-13H3. The van der Waals surface area contributed by atoms with E-state index in [0.29, 0.717) is 0 Å². The molecule has 0 amide bonds. The van der Waals surface area contributed by atoms with E-state index in [1.165, 1.54) is 140 Å². The van der Waals surface area contributed by atoms with Gasteiger partial charge in [-0.25, -0.2) is 0 Å². The highest BCUT2D eigenvalue weighted by atomic mass is 32.1. The van der Waals surface area contributed by atoms with Crippen molar-refractivity contribution >= 4 is 99.7 Å². The zero-order chi connectivity index (χ0) is 50.0. The van der Waals surface area contributed by atoms with E-state index in [-0.39, 0.29) is 39.3 Å². The number of furan rings is 1. The van der Waals surface area contributed by atoms with Crippen molar-refractivity contribution in [3.05, 3.63) is 148 Å². The van der Waals surface area contributed by atoms with Crippen LogP contribution in [0.4, 0.5) is 28.4 Å². The first kappa shape index (κ1) is 44.9. The maximum atomic E-state index is 7.19. The fraction of sp³-hybridized carbons (Fsp3) is 0.373. The van der Waals surface area contributed by atoms with Gasteiger partial charge in [0.15, 0.2) is 0 Å². The van der Waals surface area contributed by atoms with Crippen LogP contribution in [-0.2, 0) is 32.5 Å². The van der Waals surface area contributed by atoms with E-state index in [1.807, 2.05) is 11.3 Å². The molecule has 0 bridgehead atoms. The summed E-state index contributed by atoms with van der Waals surface area (Å²) in [5.74, 6) is 0. The highest BCUT2D eigenvalue weighted by molar-refractivity contribution is 7.26. The van der Waals surface area contributed by atoms with Gasteiger partial charge >= 0.3 is 6.85 Å². The molecule has 2 aromatic heterocycles. The number of aryl methyl sites for hydroxylation is 1. The molecule has 362 valence electrons. The number of anilines is 5. The Morgan fingerprint density at radius 3 is 1.71 bits per heavy atom. The van der Waals surface area contributed by atoms with E-state index >= 15 is 0 Å². The Hall–Kier alpha value is -5.78. The first-order chi connectivity index (χ1) is 34.1. The highest BCUT2D eigenvalue weighted by Crippen LogP contribution is 2.58.